The van der Waals surface area contributed by atoms with Crippen molar-refractivity contribution < 1.29 is 9.47 Å². The fourth-order valence-corrected chi connectivity index (χ4v) is 2.30. The molecule has 0 aliphatic carbocycles. The summed E-state index contributed by atoms with van der Waals surface area (Å²) in [6, 6.07) is 14.3. The third-order valence-corrected chi connectivity index (χ3v) is 3.44. The Hall–Kier alpha value is -2.27. The fraction of sp³-hybridized carbons (Fsp3) is 0.389. The average Bonchev–Trinajstić information content (AvgIpc) is 2.60. The SMILES string of the molecule is CN=C(NCCCOC)NCCOc1cccc2ccccc12. The molecule has 0 unspecified atom stereocenters. The van der Waals surface area contributed by atoms with E-state index >= 15 is 0 Å². The Bertz CT molecular complexity index is 623. The number of guanidine groups is 1. The first-order valence-corrected chi connectivity index (χ1v) is 7.89. The number of hydrogen-bond donors (Lipinski definition) is 2. The number of aliphatic imine (C=N–C) groups is 1. The monoisotopic (exact) mass is 315 g/mol. The topological polar surface area (TPSA) is 54.9 Å². The van der Waals surface area contributed by atoms with Crippen LogP contribution >= 0.6 is 0 Å². The lowest BCUT2D eigenvalue weighted by Crippen LogP contribution is -2.39. The maximum atomic E-state index is 5.89. The maximum absolute atomic E-state index is 5.89. The van der Waals surface area contributed by atoms with Gasteiger partial charge in [0, 0.05) is 32.7 Å². The second kappa shape index (κ2) is 9.69. The molecular formula is C18H25N3O2. The smallest absolute Gasteiger partial charge is 0.191 e. The average molecular weight is 315 g/mol. The summed E-state index contributed by atoms with van der Waals surface area (Å²) in [6.45, 7) is 2.84. The molecule has 5 heteroatoms. The summed E-state index contributed by atoms with van der Waals surface area (Å²) in [6.07, 6.45) is 0.948. The molecule has 0 fully saturated rings. The summed E-state index contributed by atoms with van der Waals surface area (Å²) in [7, 11) is 3.47. The summed E-state index contributed by atoms with van der Waals surface area (Å²) < 4.78 is 10.9. The minimum Gasteiger partial charge on any atom is -0.491 e. The summed E-state index contributed by atoms with van der Waals surface area (Å²) >= 11 is 0. The summed E-state index contributed by atoms with van der Waals surface area (Å²) in [5, 5.41) is 8.80. The molecule has 0 radical (unpaired) electrons. The van der Waals surface area contributed by atoms with Gasteiger partial charge in [0.25, 0.3) is 0 Å². The molecule has 0 spiro atoms. The number of benzene rings is 2. The van der Waals surface area contributed by atoms with Crippen LogP contribution in [0, 0.1) is 0 Å². The van der Waals surface area contributed by atoms with E-state index < -0.39 is 0 Å². The van der Waals surface area contributed by atoms with Crippen LogP contribution in [0.1, 0.15) is 6.42 Å². The van der Waals surface area contributed by atoms with Crippen molar-refractivity contribution in [2.45, 2.75) is 6.42 Å². The Kier molecular flexibility index (Phi) is 7.20. The van der Waals surface area contributed by atoms with E-state index in [4.69, 9.17) is 9.47 Å². The lowest BCUT2D eigenvalue weighted by atomic mass is 10.1. The minimum atomic E-state index is 0.576. The number of methoxy groups -OCH3 is 1. The third-order valence-electron chi connectivity index (χ3n) is 3.44. The zero-order valence-corrected chi connectivity index (χ0v) is 13.8. The van der Waals surface area contributed by atoms with Crippen LogP contribution in [0.25, 0.3) is 10.8 Å². The van der Waals surface area contributed by atoms with E-state index in [2.05, 4.69) is 33.8 Å². The lowest BCUT2D eigenvalue weighted by Gasteiger charge is -2.13. The second-order valence-corrected chi connectivity index (χ2v) is 5.10. The van der Waals surface area contributed by atoms with E-state index in [0.717, 1.165) is 36.7 Å². The lowest BCUT2D eigenvalue weighted by molar-refractivity contribution is 0.195. The predicted molar refractivity (Wildman–Crippen MR) is 95.3 cm³/mol. The molecule has 5 nitrogen and oxygen atoms in total. The van der Waals surface area contributed by atoms with Crippen LogP contribution < -0.4 is 15.4 Å². The van der Waals surface area contributed by atoms with Gasteiger partial charge in [-0.3, -0.25) is 4.99 Å². The molecular weight excluding hydrogens is 290 g/mol. The number of fused-ring (bicyclic) bond motifs is 1. The molecule has 0 aliphatic heterocycles. The highest BCUT2D eigenvalue weighted by Crippen LogP contribution is 2.24. The van der Waals surface area contributed by atoms with E-state index in [1.807, 2.05) is 24.3 Å². The molecule has 23 heavy (non-hydrogen) atoms. The first-order chi connectivity index (χ1) is 11.3. The number of hydrogen-bond acceptors (Lipinski definition) is 3. The van der Waals surface area contributed by atoms with Crippen molar-refractivity contribution in [1.29, 1.82) is 0 Å². The van der Waals surface area contributed by atoms with Crippen LogP contribution in [-0.2, 0) is 4.74 Å². The summed E-state index contributed by atoms with van der Waals surface area (Å²) in [4.78, 5) is 4.18. The van der Waals surface area contributed by atoms with E-state index in [1.165, 1.54) is 5.39 Å². The van der Waals surface area contributed by atoms with Gasteiger partial charge in [-0.1, -0.05) is 36.4 Å². The van der Waals surface area contributed by atoms with Gasteiger partial charge in [-0.05, 0) is 17.9 Å². The first kappa shape index (κ1) is 17.1. The second-order valence-electron chi connectivity index (χ2n) is 5.10. The standard InChI is InChI=1S/C18H25N3O2/c1-19-18(20-11-6-13-22-2)21-12-14-23-17-10-5-8-15-7-3-4-9-16(15)17/h3-5,7-10H,6,11-14H2,1-2H3,(H2,19,20,21). The fourth-order valence-electron chi connectivity index (χ4n) is 2.30. The Morgan fingerprint density at radius 3 is 2.61 bits per heavy atom. The predicted octanol–water partition coefficient (Wildman–Crippen LogP) is 2.42. The van der Waals surface area contributed by atoms with Gasteiger partial charge in [0.15, 0.2) is 5.96 Å². The van der Waals surface area contributed by atoms with E-state index in [9.17, 15) is 0 Å². The molecule has 124 valence electrons. The minimum absolute atomic E-state index is 0.576. The molecule has 2 aromatic rings. The Labute approximate surface area is 137 Å². The normalized spacial score (nSPS) is 11.5. The first-order valence-electron chi connectivity index (χ1n) is 7.89. The molecule has 0 amide bonds. The Morgan fingerprint density at radius 1 is 1.00 bits per heavy atom. The molecule has 0 atom stereocenters. The molecule has 0 heterocycles. The molecule has 0 bridgehead atoms. The molecule has 0 aromatic heterocycles. The van der Waals surface area contributed by atoms with Gasteiger partial charge in [-0.25, -0.2) is 0 Å². The third kappa shape index (κ3) is 5.45. The van der Waals surface area contributed by atoms with Crippen molar-refractivity contribution in [2.24, 2.45) is 4.99 Å². The van der Waals surface area contributed by atoms with Crippen LogP contribution in [0.4, 0.5) is 0 Å². The van der Waals surface area contributed by atoms with Crippen LogP contribution in [0.15, 0.2) is 47.5 Å². The van der Waals surface area contributed by atoms with Gasteiger partial charge >= 0.3 is 0 Å². The number of nitrogens with one attached hydrogen (secondary N) is 2. The van der Waals surface area contributed by atoms with Gasteiger partial charge in [-0.2, -0.15) is 0 Å². The molecule has 0 saturated heterocycles. The highest BCUT2D eigenvalue weighted by molar-refractivity contribution is 5.88. The highest BCUT2D eigenvalue weighted by atomic mass is 16.5. The van der Waals surface area contributed by atoms with Crippen molar-refractivity contribution in [3.8, 4) is 5.75 Å². The molecule has 2 rings (SSSR count). The van der Waals surface area contributed by atoms with E-state index in [0.29, 0.717) is 13.2 Å². The van der Waals surface area contributed by atoms with Crippen LogP contribution in [0.2, 0.25) is 0 Å². The van der Waals surface area contributed by atoms with E-state index in [1.54, 1.807) is 14.2 Å². The number of ether oxygens (including phenoxy) is 2. The summed E-state index contributed by atoms with van der Waals surface area (Å²) in [5.41, 5.74) is 0. The van der Waals surface area contributed by atoms with Gasteiger partial charge in [0.05, 0.1) is 6.54 Å². The molecule has 0 aliphatic rings. The van der Waals surface area contributed by atoms with Gasteiger partial charge in [0.2, 0.25) is 0 Å². The maximum Gasteiger partial charge on any atom is 0.191 e. The Balaban J connectivity index is 1.76. The number of rotatable bonds is 8. The van der Waals surface area contributed by atoms with Gasteiger partial charge < -0.3 is 20.1 Å². The van der Waals surface area contributed by atoms with Crippen LogP contribution in [0.3, 0.4) is 0 Å². The Morgan fingerprint density at radius 2 is 1.78 bits per heavy atom. The van der Waals surface area contributed by atoms with Crippen molar-refractivity contribution in [2.75, 3.05) is 40.5 Å². The van der Waals surface area contributed by atoms with Crippen molar-refractivity contribution in [1.82, 2.24) is 10.6 Å². The summed E-state index contributed by atoms with van der Waals surface area (Å²) in [5.74, 6) is 1.69. The van der Waals surface area contributed by atoms with E-state index in [-0.39, 0.29) is 0 Å². The largest absolute Gasteiger partial charge is 0.491 e. The molecule has 2 N–H and O–H groups in total. The quantitative estimate of drug-likeness (QED) is 0.446. The highest BCUT2D eigenvalue weighted by Gasteiger charge is 2.01. The van der Waals surface area contributed by atoms with Crippen LogP contribution in [-0.4, -0.2) is 46.4 Å². The zero-order valence-electron chi connectivity index (χ0n) is 13.8. The van der Waals surface area contributed by atoms with Crippen molar-refractivity contribution in [3.05, 3.63) is 42.5 Å². The van der Waals surface area contributed by atoms with Crippen molar-refractivity contribution >= 4 is 16.7 Å². The van der Waals surface area contributed by atoms with Gasteiger partial charge in [0.1, 0.15) is 12.4 Å². The van der Waals surface area contributed by atoms with Gasteiger partial charge in [-0.15, -0.1) is 0 Å². The molecule has 2 aromatic carbocycles. The van der Waals surface area contributed by atoms with Crippen molar-refractivity contribution in [3.63, 3.8) is 0 Å². The zero-order chi connectivity index (χ0) is 16.3. The van der Waals surface area contributed by atoms with Crippen LogP contribution in [0.5, 0.6) is 5.75 Å². The number of nitrogens with zero attached hydrogens (tertiary/aromatic N) is 1. The molecule has 0 saturated carbocycles.